The summed E-state index contributed by atoms with van der Waals surface area (Å²) < 4.78 is 23.0. The van der Waals surface area contributed by atoms with Gasteiger partial charge in [-0.3, -0.25) is 4.57 Å². The Morgan fingerprint density at radius 3 is 2.10 bits per heavy atom. The van der Waals surface area contributed by atoms with E-state index >= 15 is 0 Å². The third kappa shape index (κ3) is 3.99. The number of fused-ring (bicyclic) bond motifs is 10. The largest absolute Gasteiger partial charge is 0.466 e. The first-order chi connectivity index (χ1) is 23.9. The van der Waals surface area contributed by atoms with Gasteiger partial charge in [-0.1, -0.05) is 97.0 Å². The van der Waals surface area contributed by atoms with Crippen molar-refractivity contribution in [2.75, 3.05) is 0 Å². The van der Waals surface area contributed by atoms with Gasteiger partial charge in [0.25, 0.3) is 0 Å². The quantitative estimate of drug-likeness (QED) is 0.178. The summed E-state index contributed by atoms with van der Waals surface area (Å²) in [4.78, 5) is 5.33. The molecule has 1 aliphatic carbocycles. The van der Waals surface area contributed by atoms with E-state index < -0.39 is 0 Å². The molecule has 10 rings (SSSR count). The molecular formula is C44H41BN2O3. The minimum absolute atomic E-state index is 0.0223. The van der Waals surface area contributed by atoms with Crippen LogP contribution in [0, 0.1) is 0 Å². The van der Waals surface area contributed by atoms with Crippen LogP contribution in [0.25, 0.3) is 38.6 Å². The summed E-state index contributed by atoms with van der Waals surface area (Å²) in [6.45, 7) is 16.1. The Hall–Kier alpha value is -4.97. The van der Waals surface area contributed by atoms with Gasteiger partial charge in [-0.25, -0.2) is 0 Å². The third-order valence-electron chi connectivity index (χ3n) is 12.4. The van der Waals surface area contributed by atoms with Gasteiger partial charge in [0.1, 0.15) is 28.6 Å². The zero-order chi connectivity index (χ0) is 34.3. The van der Waals surface area contributed by atoms with E-state index in [-0.39, 0.29) is 23.0 Å². The maximum Gasteiger partial charge on any atom is 0.307 e. The second kappa shape index (κ2) is 9.84. The molecule has 5 heterocycles. The molecule has 3 aromatic heterocycles. The van der Waals surface area contributed by atoms with Crippen LogP contribution in [-0.2, 0) is 16.2 Å². The SMILES string of the molecule is CCC(C)(C)c1ccc2oc3c(c2c1)Oc1cc(-n2c4ccccc4c4ccccc42)nc2c1B3c1cc3c(cc1O2)C(C)(C)CCC3(C)C. The molecule has 7 aromatic rings. The number of hydrogen-bond donors (Lipinski definition) is 0. The van der Waals surface area contributed by atoms with Gasteiger partial charge in [-0.05, 0) is 88.0 Å². The van der Waals surface area contributed by atoms with Gasteiger partial charge in [0.05, 0.1) is 16.4 Å². The van der Waals surface area contributed by atoms with E-state index in [1.807, 2.05) is 0 Å². The van der Waals surface area contributed by atoms with Crippen LogP contribution in [0.3, 0.4) is 0 Å². The second-order valence-electron chi connectivity index (χ2n) is 16.7. The first-order valence-corrected chi connectivity index (χ1v) is 18.1. The van der Waals surface area contributed by atoms with Crippen molar-refractivity contribution in [3.63, 3.8) is 0 Å². The first-order valence-electron chi connectivity index (χ1n) is 18.1. The van der Waals surface area contributed by atoms with Gasteiger partial charge in [0.2, 0.25) is 5.88 Å². The second-order valence-corrected chi connectivity index (χ2v) is 16.7. The van der Waals surface area contributed by atoms with E-state index in [0.29, 0.717) is 5.88 Å². The lowest BCUT2D eigenvalue weighted by molar-refractivity contribution is 0.330. The minimum atomic E-state index is -0.214. The van der Waals surface area contributed by atoms with Crippen LogP contribution in [0.1, 0.15) is 84.4 Å². The molecule has 0 atom stereocenters. The number of para-hydroxylation sites is 2. The zero-order valence-electron chi connectivity index (χ0n) is 29.9. The molecular weight excluding hydrogens is 615 g/mol. The zero-order valence-corrected chi connectivity index (χ0v) is 29.9. The lowest BCUT2D eigenvalue weighted by Gasteiger charge is -2.43. The van der Waals surface area contributed by atoms with E-state index in [2.05, 4.69) is 138 Å². The molecule has 2 aliphatic heterocycles. The van der Waals surface area contributed by atoms with E-state index in [1.165, 1.54) is 27.5 Å². The Morgan fingerprint density at radius 1 is 0.760 bits per heavy atom. The molecule has 0 spiro atoms. The summed E-state index contributed by atoms with van der Waals surface area (Å²) in [5.74, 6) is 3.74. The van der Waals surface area contributed by atoms with E-state index in [9.17, 15) is 0 Å². The smallest absolute Gasteiger partial charge is 0.307 e. The van der Waals surface area contributed by atoms with E-state index in [4.69, 9.17) is 18.9 Å². The van der Waals surface area contributed by atoms with Crippen molar-refractivity contribution >= 4 is 56.1 Å². The fourth-order valence-corrected chi connectivity index (χ4v) is 8.79. The molecule has 0 N–H and O–H groups in total. The van der Waals surface area contributed by atoms with Crippen LogP contribution < -0.4 is 26.1 Å². The highest BCUT2D eigenvalue weighted by Crippen LogP contribution is 2.48. The van der Waals surface area contributed by atoms with Gasteiger partial charge in [0.15, 0.2) is 5.75 Å². The maximum atomic E-state index is 7.02. The van der Waals surface area contributed by atoms with E-state index in [0.717, 1.165) is 80.9 Å². The number of benzene rings is 4. The highest BCUT2D eigenvalue weighted by atomic mass is 16.5. The minimum Gasteiger partial charge on any atom is -0.466 e. The number of aromatic nitrogens is 2. The van der Waals surface area contributed by atoms with Gasteiger partial charge in [-0.2, -0.15) is 4.98 Å². The fourth-order valence-electron chi connectivity index (χ4n) is 8.79. The molecule has 0 unspecified atom stereocenters. The van der Waals surface area contributed by atoms with Crippen LogP contribution in [0.4, 0.5) is 0 Å². The van der Waals surface area contributed by atoms with Crippen LogP contribution in [0.5, 0.6) is 23.1 Å². The number of furan rings is 1. The first kappa shape index (κ1) is 29.9. The van der Waals surface area contributed by atoms with Crippen molar-refractivity contribution < 1.29 is 13.9 Å². The predicted molar refractivity (Wildman–Crippen MR) is 205 cm³/mol. The summed E-state index contributed by atoms with van der Waals surface area (Å²) in [7, 11) is 0. The lowest BCUT2D eigenvalue weighted by Crippen LogP contribution is -2.57. The van der Waals surface area contributed by atoms with Gasteiger partial charge < -0.3 is 13.9 Å². The molecule has 0 saturated carbocycles. The van der Waals surface area contributed by atoms with Crippen molar-refractivity contribution in [2.45, 2.75) is 84.0 Å². The molecule has 50 heavy (non-hydrogen) atoms. The fraction of sp³-hybridized carbons (Fsp3) is 0.295. The van der Waals surface area contributed by atoms with E-state index in [1.54, 1.807) is 0 Å². The third-order valence-corrected chi connectivity index (χ3v) is 12.4. The van der Waals surface area contributed by atoms with Crippen LogP contribution in [-0.4, -0.2) is 16.3 Å². The summed E-state index contributed by atoms with van der Waals surface area (Å²) in [5.41, 5.74) is 10.0. The normalized spacial score (nSPS) is 16.8. The van der Waals surface area contributed by atoms with Crippen LogP contribution in [0.2, 0.25) is 0 Å². The van der Waals surface area contributed by atoms with Gasteiger partial charge in [0, 0.05) is 22.3 Å². The maximum absolute atomic E-state index is 7.02. The molecule has 0 saturated heterocycles. The topological polar surface area (TPSA) is 49.4 Å². The van der Waals surface area contributed by atoms with Crippen molar-refractivity contribution in [1.82, 2.24) is 9.55 Å². The molecule has 0 amide bonds. The molecule has 6 heteroatoms. The molecule has 0 radical (unpaired) electrons. The van der Waals surface area contributed by atoms with Gasteiger partial charge in [-0.15, -0.1) is 0 Å². The predicted octanol–water partition coefficient (Wildman–Crippen LogP) is 9.69. The standard InChI is InChI=1S/C44H41BN2O3/c1-8-42(2,3)25-17-18-34-28(21-25)39-40(49-34)45-31-22-29-30(44(6,7)20-19-43(29,4)5)23-35(31)50-41-38(45)36(48-39)24-37(46-41)47-32-15-11-9-13-26(32)27-14-10-12-16-33(27)47/h9-18,21-24H,8,19-20H2,1-7H3. The summed E-state index contributed by atoms with van der Waals surface area (Å²) >= 11 is 0. The molecule has 3 aliphatic rings. The number of hydrogen-bond acceptors (Lipinski definition) is 4. The molecule has 248 valence electrons. The lowest BCUT2D eigenvalue weighted by atomic mass is 9.37. The Labute approximate surface area is 293 Å². The summed E-state index contributed by atoms with van der Waals surface area (Å²) in [6.07, 6.45) is 3.30. The number of nitrogens with zero attached hydrogens (tertiary/aromatic N) is 2. The van der Waals surface area contributed by atoms with Gasteiger partial charge >= 0.3 is 6.71 Å². The Bertz CT molecular complexity index is 2530. The molecule has 0 fully saturated rings. The number of ether oxygens (including phenoxy) is 2. The highest BCUT2D eigenvalue weighted by Gasteiger charge is 2.47. The average molecular weight is 657 g/mol. The number of rotatable bonds is 3. The Kier molecular flexibility index (Phi) is 5.89. The molecule has 0 bridgehead atoms. The summed E-state index contributed by atoms with van der Waals surface area (Å²) in [5, 5.41) is 3.38. The van der Waals surface area contributed by atoms with Crippen LogP contribution in [0.15, 0.2) is 89.3 Å². The average Bonchev–Trinajstić information content (AvgIpc) is 3.65. The monoisotopic (exact) mass is 656 g/mol. The van der Waals surface area contributed by atoms with Crippen molar-refractivity contribution in [1.29, 1.82) is 0 Å². The van der Waals surface area contributed by atoms with Crippen molar-refractivity contribution in [2.24, 2.45) is 0 Å². The molecule has 5 nitrogen and oxygen atoms in total. The van der Waals surface area contributed by atoms with Crippen molar-refractivity contribution in [3.8, 4) is 28.9 Å². The highest BCUT2D eigenvalue weighted by molar-refractivity contribution is 6.97. The Balaban J connectivity index is 1.27. The Morgan fingerprint density at radius 2 is 1.42 bits per heavy atom. The van der Waals surface area contributed by atoms with Crippen molar-refractivity contribution in [3.05, 3.63) is 102 Å². The number of pyridine rings is 1. The van der Waals surface area contributed by atoms with Crippen LogP contribution >= 0.6 is 0 Å². The summed E-state index contributed by atoms with van der Waals surface area (Å²) in [6, 6.07) is 30.5. The molecule has 4 aromatic carbocycles.